The minimum atomic E-state index is -0.624. The van der Waals surface area contributed by atoms with Crippen LogP contribution in [0.3, 0.4) is 0 Å². The van der Waals surface area contributed by atoms with Gasteiger partial charge in [0, 0.05) is 12.6 Å². The highest BCUT2D eigenvalue weighted by atomic mass is 16.5. The lowest BCUT2D eigenvalue weighted by molar-refractivity contribution is -0.122. The molecule has 176 valence electrons. The van der Waals surface area contributed by atoms with E-state index in [9.17, 15) is 9.59 Å². The van der Waals surface area contributed by atoms with Crippen molar-refractivity contribution in [1.82, 2.24) is 15.5 Å². The summed E-state index contributed by atoms with van der Waals surface area (Å²) in [4.78, 5) is 27.5. The Morgan fingerprint density at radius 2 is 1.67 bits per heavy atom. The van der Waals surface area contributed by atoms with Crippen molar-refractivity contribution < 1.29 is 23.8 Å². The highest BCUT2D eigenvalue weighted by Crippen LogP contribution is 2.41. The molecule has 1 unspecified atom stereocenters. The van der Waals surface area contributed by atoms with Gasteiger partial charge in [-0.25, -0.2) is 4.79 Å². The number of ether oxygens (including phenoxy) is 3. The molecule has 2 aliphatic rings. The van der Waals surface area contributed by atoms with Crippen molar-refractivity contribution in [2.45, 2.75) is 44.3 Å². The van der Waals surface area contributed by atoms with Crippen molar-refractivity contribution >= 4 is 11.9 Å². The number of methoxy groups -OCH3 is 3. The maximum atomic E-state index is 13.4. The monoisotopic (exact) mass is 453 g/mol. The maximum absolute atomic E-state index is 13.4. The summed E-state index contributed by atoms with van der Waals surface area (Å²) in [5.74, 6) is 1.85. The van der Waals surface area contributed by atoms with Gasteiger partial charge in [-0.1, -0.05) is 12.1 Å². The number of carbonyl (C=O) groups excluding carboxylic acids is 2. The summed E-state index contributed by atoms with van der Waals surface area (Å²) in [5.41, 5.74) is 3.00. The molecule has 0 bridgehead atoms. The predicted octanol–water partition coefficient (Wildman–Crippen LogP) is 3.04. The molecule has 0 saturated heterocycles. The molecule has 0 spiro atoms. The summed E-state index contributed by atoms with van der Waals surface area (Å²) in [7, 11) is 4.83. The van der Waals surface area contributed by atoms with Crippen molar-refractivity contribution in [3.05, 3.63) is 53.1 Å². The number of carbonyl (C=O) groups is 2. The first kappa shape index (κ1) is 22.8. The Bertz CT molecular complexity index is 1020. The fourth-order valence-corrected chi connectivity index (χ4v) is 4.20. The molecule has 1 aliphatic heterocycles. The third kappa shape index (κ3) is 4.84. The number of rotatable bonds is 7. The van der Waals surface area contributed by atoms with E-state index in [1.54, 1.807) is 33.2 Å². The summed E-state index contributed by atoms with van der Waals surface area (Å²) in [5, 5.41) is 5.83. The molecule has 8 heteroatoms. The van der Waals surface area contributed by atoms with E-state index in [-0.39, 0.29) is 24.0 Å². The van der Waals surface area contributed by atoms with Gasteiger partial charge in [0.1, 0.15) is 11.8 Å². The van der Waals surface area contributed by atoms with Crippen molar-refractivity contribution in [3.63, 3.8) is 0 Å². The van der Waals surface area contributed by atoms with E-state index < -0.39 is 6.04 Å². The fraction of sp³-hybridized carbons (Fsp3) is 0.440. The number of nitrogens with zero attached hydrogens (tertiary/aromatic N) is 1. The minimum Gasteiger partial charge on any atom is -0.497 e. The van der Waals surface area contributed by atoms with Gasteiger partial charge in [-0.15, -0.1) is 0 Å². The number of fused-ring (bicyclic) bond motifs is 1. The van der Waals surface area contributed by atoms with Crippen LogP contribution in [0, 0.1) is 0 Å². The summed E-state index contributed by atoms with van der Waals surface area (Å²) >= 11 is 0. The smallest absolute Gasteiger partial charge is 0.318 e. The van der Waals surface area contributed by atoms with Crippen LogP contribution in [0.2, 0.25) is 0 Å². The number of urea groups is 1. The molecule has 33 heavy (non-hydrogen) atoms. The second kappa shape index (κ2) is 9.60. The second-order valence-corrected chi connectivity index (χ2v) is 8.48. The zero-order chi connectivity index (χ0) is 23.5. The van der Waals surface area contributed by atoms with E-state index in [0.717, 1.165) is 35.3 Å². The first-order chi connectivity index (χ1) is 15.9. The van der Waals surface area contributed by atoms with E-state index in [0.29, 0.717) is 24.5 Å². The van der Waals surface area contributed by atoms with E-state index in [4.69, 9.17) is 14.2 Å². The Kier molecular flexibility index (Phi) is 6.62. The standard InChI is InChI=1S/C25H31N3O5/c1-15(24(29)27-18-7-8-18)26-25(30)28-12-11-17-13-21(32-3)22(33-4)14-20(17)23(28)16-5-9-19(31-2)10-6-16/h5-6,9-10,13-15,18,23H,7-8,11-12H2,1-4H3,(H,26,30)(H,27,29)/t15-,23?/m1/s1. The number of hydrogen-bond donors (Lipinski definition) is 2. The molecule has 8 nitrogen and oxygen atoms in total. The highest BCUT2D eigenvalue weighted by molar-refractivity contribution is 5.87. The highest BCUT2D eigenvalue weighted by Gasteiger charge is 2.35. The molecule has 3 amide bonds. The third-order valence-corrected chi connectivity index (χ3v) is 6.22. The Hall–Kier alpha value is -3.42. The topological polar surface area (TPSA) is 89.1 Å². The van der Waals surface area contributed by atoms with Crippen molar-refractivity contribution in [2.75, 3.05) is 27.9 Å². The molecule has 4 rings (SSSR count). The van der Waals surface area contributed by atoms with Crippen molar-refractivity contribution in [1.29, 1.82) is 0 Å². The Morgan fingerprint density at radius 3 is 2.27 bits per heavy atom. The summed E-state index contributed by atoms with van der Waals surface area (Å²) in [6, 6.07) is 10.6. The van der Waals surface area contributed by atoms with Crippen LogP contribution in [0.4, 0.5) is 4.79 Å². The van der Waals surface area contributed by atoms with Gasteiger partial charge in [-0.3, -0.25) is 4.79 Å². The number of nitrogens with one attached hydrogen (secondary N) is 2. The average molecular weight is 454 g/mol. The van der Waals surface area contributed by atoms with Crippen molar-refractivity contribution in [3.8, 4) is 17.2 Å². The van der Waals surface area contributed by atoms with Gasteiger partial charge in [0.05, 0.1) is 27.4 Å². The Labute approximate surface area is 194 Å². The minimum absolute atomic E-state index is 0.157. The predicted molar refractivity (Wildman–Crippen MR) is 124 cm³/mol. The zero-order valence-corrected chi connectivity index (χ0v) is 19.5. The van der Waals surface area contributed by atoms with Crippen LogP contribution in [0.15, 0.2) is 36.4 Å². The van der Waals surface area contributed by atoms with Gasteiger partial charge >= 0.3 is 6.03 Å². The molecule has 1 saturated carbocycles. The van der Waals surface area contributed by atoms with Gasteiger partial charge in [0.25, 0.3) is 0 Å². The average Bonchev–Trinajstić information content (AvgIpc) is 3.66. The van der Waals surface area contributed by atoms with Gasteiger partial charge in [0.2, 0.25) is 5.91 Å². The molecule has 2 N–H and O–H groups in total. The van der Waals surface area contributed by atoms with Gasteiger partial charge in [0.15, 0.2) is 11.5 Å². The summed E-state index contributed by atoms with van der Waals surface area (Å²) in [6.45, 7) is 2.21. The quantitative estimate of drug-likeness (QED) is 0.673. The lowest BCUT2D eigenvalue weighted by atomic mass is 9.87. The number of hydrogen-bond acceptors (Lipinski definition) is 5. The van der Waals surface area contributed by atoms with Crippen LogP contribution in [0.5, 0.6) is 17.2 Å². The molecular formula is C25H31N3O5. The molecular weight excluding hydrogens is 422 g/mol. The van der Waals surface area contributed by atoms with Gasteiger partial charge in [-0.05, 0) is 67.1 Å². The van der Waals surface area contributed by atoms with Crippen LogP contribution < -0.4 is 24.8 Å². The lowest BCUT2D eigenvalue weighted by Crippen LogP contribution is -2.52. The lowest BCUT2D eigenvalue weighted by Gasteiger charge is -2.38. The Balaban J connectivity index is 1.66. The van der Waals surface area contributed by atoms with Gasteiger partial charge in [-0.2, -0.15) is 0 Å². The molecule has 0 radical (unpaired) electrons. The van der Waals surface area contributed by atoms with E-state index >= 15 is 0 Å². The first-order valence-electron chi connectivity index (χ1n) is 11.2. The molecule has 2 aromatic rings. The maximum Gasteiger partial charge on any atom is 0.318 e. The molecule has 1 aliphatic carbocycles. The largest absolute Gasteiger partial charge is 0.497 e. The van der Waals surface area contributed by atoms with Gasteiger partial charge < -0.3 is 29.7 Å². The summed E-state index contributed by atoms with van der Waals surface area (Å²) in [6.07, 6.45) is 2.67. The fourth-order valence-electron chi connectivity index (χ4n) is 4.20. The van der Waals surface area contributed by atoms with Crippen LogP contribution >= 0.6 is 0 Å². The van der Waals surface area contributed by atoms with E-state index in [2.05, 4.69) is 10.6 Å². The number of amides is 3. The third-order valence-electron chi connectivity index (χ3n) is 6.22. The molecule has 0 aromatic heterocycles. The van der Waals surface area contributed by atoms with Crippen LogP contribution in [-0.2, 0) is 11.2 Å². The second-order valence-electron chi connectivity index (χ2n) is 8.48. The molecule has 1 fully saturated rings. The normalized spacial score (nSPS) is 18.1. The van der Waals surface area contributed by atoms with Crippen LogP contribution in [-0.4, -0.2) is 56.8 Å². The molecule has 2 aromatic carbocycles. The van der Waals surface area contributed by atoms with E-state index in [1.165, 1.54) is 0 Å². The Morgan fingerprint density at radius 1 is 1.00 bits per heavy atom. The van der Waals surface area contributed by atoms with Crippen LogP contribution in [0.1, 0.15) is 42.5 Å². The SMILES string of the molecule is COc1ccc(C2c3cc(OC)c(OC)cc3CCN2C(=O)N[C@H](C)C(=O)NC2CC2)cc1. The van der Waals surface area contributed by atoms with Crippen molar-refractivity contribution in [2.24, 2.45) is 0 Å². The van der Waals surface area contributed by atoms with Crippen LogP contribution in [0.25, 0.3) is 0 Å². The van der Waals surface area contributed by atoms with E-state index in [1.807, 2.05) is 36.4 Å². The molecule has 2 atom stereocenters. The zero-order valence-electron chi connectivity index (χ0n) is 19.5. The first-order valence-corrected chi connectivity index (χ1v) is 11.2. The molecule has 1 heterocycles. The number of benzene rings is 2. The summed E-state index contributed by atoms with van der Waals surface area (Å²) < 4.78 is 16.3.